The van der Waals surface area contributed by atoms with Crippen LogP contribution in [0.15, 0.2) is 67.0 Å². The molecule has 29 heavy (non-hydrogen) atoms. The molecule has 0 amide bonds. The lowest BCUT2D eigenvalue weighted by molar-refractivity contribution is 0.829. The fourth-order valence-corrected chi connectivity index (χ4v) is 3.56. The van der Waals surface area contributed by atoms with Gasteiger partial charge in [0.1, 0.15) is 0 Å². The van der Waals surface area contributed by atoms with E-state index in [4.69, 9.17) is 11.6 Å². The highest BCUT2D eigenvalue weighted by Gasteiger charge is 2.10. The van der Waals surface area contributed by atoms with Crippen LogP contribution >= 0.6 is 11.6 Å². The lowest BCUT2D eigenvalue weighted by atomic mass is 10.0. The highest BCUT2D eigenvalue weighted by atomic mass is 35.5. The third-order valence-electron chi connectivity index (χ3n) is 4.98. The molecule has 0 atom stereocenters. The first-order valence-corrected chi connectivity index (χ1v) is 9.80. The van der Waals surface area contributed by atoms with Gasteiger partial charge in [0.05, 0.1) is 17.2 Å². The molecule has 4 heteroatoms. The van der Waals surface area contributed by atoms with Gasteiger partial charge in [0.15, 0.2) is 0 Å². The van der Waals surface area contributed by atoms with E-state index in [9.17, 15) is 5.26 Å². The summed E-state index contributed by atoms with van der Waals surface area (Å²) in [5.41, 5.74) is 6.85. The van der Waals surface area contributed by atoms with E-state index >= 15 is 0 Å². The van der Waals surface area contributed by atoms with Crippen LogP contribution in [-0.2, 0) is 6.54 Å². The molecule has 0 N–H and O–H groups in total. The molecule has 142 valence electrons. The molecule has 0 saturated carbocycles. The van der Waals surface area contributed by atoms with Crippen LogP contribution in [0.2, 0.25) is 5.02 Å². The minimum absolute atomic E-state index is 0.635. The zero-order chi connectivity index (χ0) is 20.4. The molecule has 0 unspecified atom stereocenters. The Kier molecular flexibility index (Phi) is 5.20. The largest absolute Gasteiger partial charge is 0.342 e. The van der Waals surface area contributed by atoms with E-state index in [1.54, 1.807) is 0 Å². The summed E-state index contributed by atoms with van der Waals surface area (Å²) in [6.07, 6.45) is 5.92. The summed E-state index contributed by atoms with van der Waals surface area (Å²) in [4.78, 5) is 4.39. The fourth-order valence-electron chi connectivity index (χ4n) is 3.40. The quantitative estimate of drug-likeness (QED) is 0.373. The second-order valence-electron chi connectivity index (χ2n) is 7.22. The predicted octanol–water partition coefficient (Wildman–Crippen LogP) is 6.42. The Labute approximate surface area is 175 Å². The smallest absolute Gasteiger partial charge is 0.0998 e. The molecular formula is C25H20ClN3. The van der Waals surface area contributed by atoms with Crippen LogP contribution in [0.4, 0.5) is 0 Å². The molecule has 0 bridgehead atoms. The molecule has 0 aliphatic rings. The molecule has 0 fully saturated rings. The number of rotatable bonds is 4. The number of hydrogen-bond donors (Lipinski definition) is 0. The van der Waals surface area contributed by atoms with Crippen molar-refractivity contribution >= 4 is 34.2 Å². The maximum Gasteiger partial charge on any atom is 0.0998 e. The molecular weight excluding hydrogens is 378 g/mol. The van der Waals surface area contributed by atoms with Crippen molar-refractivity contribution in [2.24, 2.45) is 0 Å². The number of aromatic nitrogens is 2. The van der Waals surface area contributed by atoms with E-state index in [0.29, 0.717) is 17.1 Å². The van der Waals surface area contributed by atoms with Gasteiger partial charge in [-0.1, -0.05) is 53.6 Å². The van der Waals surface area contributed by atoms with Crippen LogP contribution in [0.25, 0.3) is 22.6 Å². The van der Waals surface area contributed by atoms with Gasteiger partial charge in [-0.25, -0.2) is 0 Å². The normalized spacial score (nSPS) is 11.6. The zero-order valence-electron chi connectivity index (χ0n) is 16.4. The summed E-state index contributed by atoms with van der Waals surface area (Å²) in [5, 5.41) is 11.5. The number of allylic oxidation sites excluding steroid dienone is 1. The van der Waals surface area contributed by atoms with Crippen molar-refractivity contribution in [2.75, 3.05) is 0 Å². The van der Waals surface area contributed by atoms with Gasteiger partial charge in [-0.15, -0.1) is 0 Å². The molecule has 4 rings (SSSR count). The Hall–Kier alpha value is -3.35. The first-order chi connectivity index (χ1) is 14.0. The van der Waals surface area contributed by atoms with E-state index in [2.05, 4.69) is 27.9 Å². The fraction of sp³-hybridized carbons (Fsp3) is 0.120. The molecule has 0 radical (unpaired) electrons. The summed E-state index contributed by atoms with van der Waals surface area (Å²) < 4.78 is 2.16. The van der Waals surface area contributed by atoms with E-state index in [1.807, 2.05) is 74.7 Å². The molecule has 0 spiro atoms. The Balaban J connectivity index is 1.81. The molecule has 0 saturated heterocycles. The van der Waals surface area contributed by atoms with Crippen molar-refractivity contribution in [3.63, 3.8) is 0 Å². The van der Waals surface area contributed by atoms with Crippen LogP contribution < -0.4 is 0 Å². The lowest BCUT2D eigenvalue weighted by Gasteiger charge is -2.06. The second-order valence-corrected chi connectivity index (χ2v) is 7.65. The number of nitrogens with zero attached hydrogens (tertiary/aromatic N) is 3. The monoisotopic (exact) mass is 397 g/mol. The van der Waals surface area contributed by atoms with Crippen molar-refractivity contribution in [2.45, 2.75) is 20.4 Å². The first-order valence-electron chi connectivity index (χ1n) is 9.42. The summed E-state index contributed by atoms with van der Waals surface area (Å²) >= 11 is 6.27. The van der Waals surface area contributed by atoms with Crippen molar-refractivity contribution < 1.29 is 0 Å². The SMILES string of the molecule is Cc1ccc(/C(C#N)=C/c2cn(Cc3ccc(C)nc3)c3cc(Cl)ccc23)cc1. The number of aryl methyl sites for hydroxylation is 2. The van der Waals surface area contributed by atoms with E-state index < -0.39 is 0 Å². The number of benzene rings is 2. The number of hydrogen-bond acceptors (Lipinski definition) is 2. The number of fused-ring (bicyclic) bond motifs is 1. The highest BCUT2D eigenvalue weighted by molar-refractivity contribution is 6.31. The third-order valence-corrected chi connectivity index (χ3v) is 5.22. The maximum atomic E-state index is 9.74. The summed E-state index contributed by atoms with van der Waals surface area (Å²) in [7, 11) is 0. The van der Waals surface area contributed by atoms with Gasteiger partial charge in [0, 0.05) is 40.6 Å². The van der Waals surface area contributed by atoms with Crippen molar-refractivity contribution in [1.82, 2.24) is 9.55 Å². The standard InChI is InChI=1S/C25H20ClN3/c1-17-3-7-20(8-4-17)21(13-27)11-22-16-29(15-19-6-5-18(2)28-14-19)25-12-23(26)9-10-24(22)25/h3-12,14,16H,15H2,1-2H3/b21-11+. The molecule has 3 nitrogen and oxygen atoms in total. The number of nitriles is 1. The topological polar surface area (TPSA) is 41.6 Å². The summed E-state index contributed by atoms with van der Waals surface area (Å²) in [6.45, 7) is 4.70. The zero-order valence-corrected chi connectivity index (χ0v) is 17.1. The van der Waals surface area contributed by atoms with Crippen LogP contribution in [-0.4, -0.2) is 9.55 Å². The molecule has 0 aliphatic carbocycles. The molecule has 0 aliphatic heterocycles. The van der Waals surface area contributed by atoms with E-state index in [0.717, 1.165) is 33.3 Å². The predicted molar refractivity (Wildman–Crippen MR) is 120 cm³/mol. The van der Waals surface area contributed by atoms with Crippen LogP contribution in [0.1, 0.15) is 27.9 Å². The van der Waals surface area contributed by atoms with Gasteiger partial charge in [-0.3, -0.25) is 4.98 Å². The van der Waals surface area contributed by atoms with E-state index in [1.165, 1.54) is 5.56 Å². The average molecular weight is 398 g/mol. The summed E-state index contributed by atoms with van der Waals surface area (Å²) in [6, 6.07) is 20.3. The minimum atomic E-state index is 0.635. The van der Waals surface area contributed by atoms with Crippen LogP contribution in [0, 0.1) is 25.2 Å². The lowest BCUT2D eigenvalue weighted by Crippen LogP contribution is -1.98. The van der Waals surface area contributed by atoms with Gasteiger partial charge in [0.2, 0.25) is 0 Å². The molecule has 4 aromatic rings. The third kappa shape index (κ3) is 4.08. The first kappa shape index (κ1) is 19.0. The molecule has 2 aromatic carbocycles. The van der Waals surface area contributed by atoms with Gasteiger partial charge in [-0.05, 0) is 49.2 Å². The maximum absolute atomic E-state index is 9.74. The number of halogens is 1. The van der Waals surface area contributed by atoms with E-state index in [-0.39, 0.29) is 0 Å². The number of pyridine rings is 1. The van der Waals surface area contributed by atoms with Gasteiger partial charge >= 0.3 is 0 Å². The average Bonchev–Trinajstić information content (AvgIpc) is 3.05. The summed E-state index contributed by atoms with van der Waals surface area (Å²) in [5.74, 6) is 0. The van der Waals surface area contributed by atoms with Gasteiger partial charge in [-0.2, -0.15) is 5.26 Å². The van der Waals surface area contributed by atoms with Crippen molar-refractivity contribution in [1.29, 1.82) is 5.26 Å². The molecule has 2 heterocycles. The minimum Gasteiger partial charge on any atom is -0.342 e. The van der Waals surface area contributed by atoms with Gasteiger partial charge < -0.3 is 4.57 Å². The van der Waals surface area contributed by atoms with Gasteiger partial charge in [0.25, 0.3) is 0 Å². The second kappa shape index (κ2) is 7.95. The van der Waals surface area contributed by atoms with Crippen LogP contribution in [0.5, 0.6) is 0 Å². The van der Waals surface area contributed by atoms with Crippen molar-refractivity contribution in [3.8, 4) is 6.07 Å². The molecule has 2 aromatic heterocycles. The highest BCUT2D eigenvalue weighted by Crippen LogP contribution is 2.29. The Morgan fingerprint density at radius 2 is 1.90 bits per heavy atom. The Bertz CT molecular complexity index is 1240. The van der Waals surface area contributed by atoms with Crippen LogP contribution in [0.3, 0.4) is 0 Å². The van der Waals surface area contributed by atoms with Crippen molar-refractivity contribution in [3.05, 3.63) is 100.0 Å². The Morgan fingerprint density at radius 1 is 1.10 bits per heavy atom. The Morgan fingerprint density at radius 3 is 2.59 bits per heavy atom.